The van der Waals surface area contributed by atoms with Crippen molar-refractivity contribution < 1.29 is 13.2 Å². The number of nitrogens with two attached hydrogens (primary N) is 1. The zero-order valence-corrected chi connectivity index (χ0v) is 7.14. The van der Waals surface area contributed by atoms with Gasteiger partial charge in [0.1, 0.15) is 0 Å². The maximum atomic E-state index is 11.9. The highest BCUT2D eigenvalue weighted by molar-refractivity contribution is 8.00. The summed E-state index contributed by atoms with van der Waals surface area (Å²) in [5, 5.41) is 9.37. The van der Waals surface area contributed by atoms with Crippen molar-refractivity contribution in [2.45, 2.75) is 17.2 Å². The van der Waals surface area contributed by atoms with Crippen molar-refractivity contribution in [3.8, 4) is 0 Å². The Bertz CT molecular complexity index is 271. The van der Waals surface area contributed by atoms with Crippen molar-refractivity contribution in [2.75, 3.05) is 6.54 Å². The molecule has 1 aromatic heterocycles. The Labute approximate surface area is 75.5 Å². The Hall–Kier alpha value is -0.830. The first-order chi connectivity index (χ1) is 6.03. The number of tetrazole rings is 1. The number of alkyl halides is 3. The molecule has 0 radical (unpaired) electrons. The number of nitrogens with zero attached hydrogens (tertiary/aromatic N) is 4. The highest BCUT2D eigenvalue weighted by Crippen LogP contribution is 2.34. The zero-order chi connectivity index (χ0) is 9.90. The van der Waals surface area contributed by atoms with E-state index in [0.717, 1.165) is 4.68 Å². The van der Waals surface area contributed by atoms with Crippen molar-refractivity contribution in [3.63, 3.8) is 0 Å². The van der Waals surface area contributed by atoms with E-state index in [9.17, 15) is 13.2 Å². The Morgan fingerprint density at radius 3 is 2.69 bits per heavy atom. The van der Waals surface area contributed by atoms with Gasteiger partial charge in [0.05, 0.1) is 6.54 Å². The lowest BCUT2D eigenvalue weighted by atomic mass is 10.7. The van der Waals surface area contributed by atoms with Gasteiger partial charge in [0.15, 0.2) is 0 Å². The van der Waals surface area contributed by atoms with Gasteiger partial charge in [-0.2, -0.15) is 13.2 Å². The largest absolute Gasteiger partial charge is 0.449 e. The number of hydrogen-bond acceptors (Lipinski definition) is 5. The third-order valence-corrected chi connectivity index (χ3v) is 1.75. The summed E-state index contributed by atoms with van der Waals surface area (Å²) >= 11 is -0.355. The van der Waals surface area contributed by atoms with Crippen LogP contribution in [0.2, 0.25) is 0 Å². The van der Waals surface area contributed by atoms with Crippen LogP contribution in [0.3, 0.4) is 0 Å². The van der Waals surface area contributed by atoms with E-state index in [0.29, 0.717) is 0 Å². The van der Waals surface area contributed by atoms with Crippen LogP contribution in [-0.4, -0.2) is 32.3 Å². The van der Waals surface area contributed by atoms with E-state index >= 15 is 0 Å². The molecule has 0 aliphatic heterocycles. The molecule has 0 atom stereocenters. The molecule has 74 valence electrons. The molecule has 13 heavy (non-hydrogen) atoms. The molecule has 0 spiro atoms. The summed E-state index contributed by atoms with van der Waals surface area (Å²) in [7, 11) is 0. The van der Waals surface area contributed by atoms with Gasteiger partial charge in [-0.15, -0.1) is 5.10 Å². The highest BCUT2D eigenvalue weighted by atomic mass is 32.2. The predicted octanol–water partition coefficient (Wildman–Crippen LogP) is 0.244. The van der Waals surface area contributed by atoms with Crippen LogP contribution in [0.25, 0.3) is 0 Å². The van der Waals surface area contributed by atoms with Gasteiger partial charge in [0.2, 0.25) is 5.16 Å². The Morgan fingerprint density at radius 1 is 1.46 bits per heavy atom. The van der Waals surface area contributed by atoms with Gasteiger partial charge in [0.25, 0.3) is 0 Å². The highest BCUT2D eigenvalue weighted by Gasteiger charge is 2.32. The lowest BCUT2D eigenvalue weighted by molar-refractivity contribution is -0.0332. The second-order valence-electron chi connectivity index (χ2n) is 2.02. The average molecular weight is 213 g/mol. The summed E-state index contributed by atoms with van der Waals surface area (Å²) in [6.07, 6.45) is 0. The topological polar surface area (TPSA) is 69.6 Å². The van der Waals surface area contributed by atoms with Crippen LogP contribution in [0.15, 0.2) is 5.16 Å². The molecule has 0 amide bonds. The monoisotopic (exact) mass is 213 g/mol. The number of hydrogen-bond donors (Lipinski definition) is 1. The molecule has 0 aliphatic rings. The third-order valence-electron chi connectivity index (χ3n) is 1.05. The van der Waals surface area contributed by atoms with E-state index in [1.807, 2.05) is 0 Å². The van der Waals surface area contributed by atoms with Gasteiger partial charge in [-0.1, -0.05) is 0 Å². The van der Waals surface area contributed by atoms with Crippen LogP contribution in [0.4, 0.5) is 13.2 Å². The van der Waals surface area contributed by atoms with E-state index in [2.05, 4.69) is 15.5 Å². The minimum absolute atomic E-state index is 0.172. The fourth-order valence-corrected chi connectivity index (χ4v) is 1.15. The van der Waals surface area contributed by atoms with Gasteiger partial charge in [-0.25, -0.2) is 4.68 Å². The number of rotatable bonds is 3. The van der Waals surface area contributed by atoms with Gasteiger partial charge in [-0.05, 0) is 10.4 Å². The molecule has 5 nitrogen and oxygen atoms in total. The summed E-state index contributed by atoms with van der Waals surface area (Å²) in [6, 6.07) is 0. The maximum Gasteiger partial charge on any atom is 0.449 e. The Balaban J connectivity index is 2.70. The fraction of sp³-hybridized carbons (Fsp3) is 0.750. The molecular weight excluding hydrogens is 207 g/mol. The first kappa shape index (κ1) is 10.3. The third kappa shape index (κ3) is 3.19. The van der Waals surface area contributed by atoms with Gasteiger partial charge in [-0.3, -0.25) is 0 Å². The summed E-state index contributed by atoms with van der Waals surface area (Å²) in [5.41, 5.74) is 0.772. The Kier molecular flexibility index (Phi) is 3.09. The molecule has 0 fully saturated rings. The van der Waals surface area contributed by atoms with E-state index in [1.54, 1.807) is 0 Å². The number of aromatic nitrogens is 4. The van der Waals surface area contributed by atoms with Crippen LogP contribution in [-0.2, 0) is 6.54 Å². The van der Waals surface area contributed by atoms with Crippen molar-refractivity contribution in [1.29, 1.82) is 0 Å². The summed E-state index contributed by atoms with van der Waals surface area (Å²) < 4.78 is 36.6. The van der Waals surface area contributed by atoms with Crippen LogP contribution in [0, 0.1) is 0 Å². The molecule has 1 aromatic rings. The van der Waals surface area contributed by atoms with Crippen LogP contribution >= 0.6 is 11.8 Å². The lowest BCUT2D eigenvalue weighted by Gasteiger charge is -2.04. The smallest absolute Gasteiger partial charge is 0.329 e. The minimum Gasteiger partial charge on any atom is -0.329 e. The standard InChI is InChI=1S/C4H6F3N5S/c5-4(6,7)13-3-9-10-11-12(3)2-1-8/h1-2,8H2. The SMILES string of the molecule is NCCn1nnnc1SC(F)(F)F. The molecule has 1 rings (SSSR count). The van der Waals surface area contributed by atoms with Gasteiger partial charge < -0.3 is 5.73 Å². The molecule has 0 bridgehead atoms. The lowest BCUT2D eigenvalue weighted by Crippen LogP contribution is -2.13. The molecular formula is C4H6F3N5S. The quantitative estimate of drug-likeness (QED) is 0.728. The van der Waals surface area contributed by atoms with E-state index < -0.39 is 5.51 Å². The predicted molar refractivity (Wildman–Crippen MR) is 38.8 cm³/mol. The second kappa shape index (κ2) is 3.92. The van der Waals surface area contributed by atoms with Crippen molar-refractivity contribution in [2.24, 2.45) is 5.73 Å². The number of halogens is 3. The van der Waals surface area contributed by atoms with Gasteiger partial charge >= 0.3 is 5.51 Å². The first-order valence-corrected chi connectivity index (χ1v) is 4.06. The van der Waals surface area contributed by atoms with E-state index in [-0.39, 0.29) is 30.0 Å². The zero-order valence-electron chi connectivity index (χ0n) is 6.32. The van der Waals surface area contributed by atoms with Gasteiger partial charge in [0, 0.05) is 18.3 Å². The van der Waals surface area contributed by atoms with Crippen LogP contribution in [0.5, 0.6) is 0 Å². The summed E-state index contributed by atoms with van der Waals surface area (Å²) in [5.74, 6) is 0. The van der Waals surface area contributed by atoms with Crippen molar-refractivity contribution >= 4 is 11.8 Å². The van der Waals surface area contributed by atoms with E-state index in [1.165, 1.54) is 0 Å². The fourth-order valence-electron chi connectivity index (χ4n) is 0.636. The maximum absolute atomic E-state index is 11.9. The molecule has 2 N–H and O–H groups in total. The minimum atomic E-state index is -4.37. The Morgan fingerprint density at radius 2 is 2.15 bits per heavy atom. The molecule has 0 aliphatic carbocycles. The average Bonchev–Trinajstić information content (AvgIpc) is 2.34. The molecule has 1 heterocycles. The molecule has 0 unspecified atom stereocenters. The van der Waals surface area contributed by atoms with Crippen LogP contribution in [0.1, 0.15) is 0 Å². The summed E-state index contributed by atoms with van der Waals surface area (Å²) in [6.45, 7) is 0.363. The van der Waals surface area contributed by atoms with E-state index in [4.69, 9.17) is 5.73 Å². The molecule has 0 saturated heterocycles. The van der Waals surface area contributed by atoms with Crippen molar-refractivity contribution in [1.82, 2.24) is 20.2 Å². The van der Waals surface area contributed by atoms with Crippen molar-refractivity contribution in [3.05, 3.63) is 0 Å². The normalized spacial score (nSPS) is 12.0. The molecule has 9 heteroatoms. The number of thioether (sulfide) groups is 1. The second-order valence-corrected chi connectivity index (χ2v) is 3.05. The van der Waals surface area contributed by atoms with Crippen LogP contribution < -0.4 is 5.73 Å². The first-order valence-electron chi connectivity index (χ1n) is 3.25. The summed E-state index contributed by atoms with van der Waals surface area (Å²) in [4.78, 5) is 0. The molecule has 0 aromatic carbocycles. The molecule has 0 saturated carbocycles.